The summed E-state index contributed by atoms with van der Waals surface area (Å²) in [6.07, 6.45) is 3.71. The minimum Gasteiger partial charge on any atom is -0.481 e. The molecule has 2 aliphatic rings. The van der Waals surface area contributed by atoms with E-state index in [0.29, 0.717) is 38.6 Å². The molecule has 0 spiro atoms. The second-order valence-corrected chi connectivity index (χ2v) is 7.61. The zero-order valence-corrected chi connectivity index (χ0v) is 14.2. The monoisotopic (exact) mass is 325 g/mol. The SMILES string of the molecule is CC(C)(C)OC(=O)[C@H]1CCCN1C(=O)C1CCC(C(=O)O)CC1. The maximum absolute atomic E-state index is 12.7. The van der Waals surface area contributed by atoms with E-state index in [1.54, 1.807) is 4.90 Å². The molecule has 1 heterocycles. The van der Waals surface area contributed by atoms with E-state index in [0.717, 1.165) is 6.42 Å². The number of hydrogen-bond acceptors (Lipinski definition) is 4. The van der Waals surface area contributed by atoms with Gasteiger partial charge >= 0.3 is 11.9 Å². The van der Waals surface area contributed by atoms with Crippen LogP contribution in [0.3, 0.4) is 0 Å². The molecule has 2 rings (SSSR count). The Kier molecular flexibility index (Phi) is 5.32. The van der Waals surface area contributed by atoms with Crippen LogP contribution in [0.2, 0.25) is 0 Å². The third-order valence-electron chi connectivity index (χ3n) is 4.64. The number of carboxylic acid groups (broad SMARTS) is 1. The number of hydrogen-bond donors (Lipinski definition) is 1. The molecule has 0 aromatic carbocycles. The van der Waals surface area contributed by atoms with Gasteiger partial charge in [-0.25, -0.2) is 4.79 Å². The molecule has 0 bridgehead atoms. The van der Waals surface area contributed by atoms with Crippen LogP contribution in [-0.2, 0) is 19.1 Å². The third-order valence-corrected chi connectivity index (χ3v) is 4.64. The number of amides is 1. The molecular formula is C17H27NO5. The summed E-state index contributed by atoms with van der Waals surface area (Å²) < 4.78 is 5.43. The zero-order chi connectivity index (χ0) is 17.2. The Morgan fingerprint density at radius 1 is 1.00 bits per heavy atom. The minimum absolute atomic E-state index is 0.0119. The average Bonchev–Trinajstić information content (AvgIpc) is 2.94. The second-order valence-electron chi connectivity index (χ2n) is 7.61. The first-order valence-electron chi connectivity index (χ1n) is 8.45. The summed E-state index contributed by atoms with van der Waals surface area (Å²) in [4.78, 5) is 37.7. The van der Waals surface area contributed by atoms with Gasteiger partial charge in [0, 0.05) is 12.5 Å². The normalized spacial score (nSPS) is 28.5. The van der Waals surface area contributed by atoms with Gasteiger partial charge in [0.1, 0.15) is 11.6 Å². The predicted octanol–water partition coefficient (Wildman–Crippen LogP) is 2.21. The van der Waals surface area contributed by atoms with Crippen LogP contribution in [-0.4, -0.2) is 46.0 Å². The molecule has 6 nitrogen and oxygen atoms in total. The topological polar surface area (TPSA) is 83.9 Å². The van der Waals surface area contributed by atoms with Crippen LogP contribution in [0.1, 0.15) is 59.3 Å². The van der Waals surface area contributed by atoms with E-state index in [1.165, 1.54) is 0 Å². The van der Waals surface area contributed by atoms with Gasteiger partial charge in [-0.05, 0) is 59.3 Å². The van der Waals surface area contributed by atoms with Crippen molar-refractivity contribution in [1.82, 2.24) is 4.90 Å². The van der Waals surface area contributed by atoms with E-state index in [9.17, 15) is 14.4 Å². The van der Waals surface area contributed by atoms with Gasteiger partial charge in [0.25, 0.3) is 0 Å². The van der Waals surface area contributed by atoms with Crippen molar-refractivity contribution in [2.45, 2.75) is 70.9 Å². The van der Waals surface area contributed by atoms with Crippen molar-refractivity contribution in [2.24, 2.45) is 11.8 Å². The van der Waals surface area contributed by atoms with Crippen molar-refractivity contribution in [3.63, 3.8) is 0 Å². The summed E-state index contributed by atoms with van der Waals surface area (Å²) in [6, 6.07) is -0.487. The molecule has 23 heavy (non-hydrogen) atoms. The molecule has 1 saturated carbocycles. The summed E-state index contributed by atoms with van der Waals surface area (Å²) in [6.45, 7) is 6.04. The van der Waals surface area contributed by atoms with Crippen molar-refractivity contribution < 1.29 is 24.2 Å². The first-order valence-corrected chi connectivity index (χ1v) is 8.45. The molecule has 1 amide bonds. The number of esters is 1. The van der Waals surface area contributed by atoms with Gasteiger partial charge in [0.05, 0.1) is 5.92 Å². The van der Waals surface area contributed by atoms with Crippen molar-refractivity contribution >= 4 is 17.8 Å². The molecule has 6 heteroatoms. The molecule has 1 aliphatic carbocycles. The van der Waals surface area contributed by atoms with Crippen molar-refractivity contribution in [3.8, 4) is 0 Å². The Morgan fingerprint density at radius 2 is 1.57 bits per heavy atom. The standard InChI is InChI=1S/C17H27NO5/c1-17(2,3)23-16(22)13-5-4-10-18(13)14(19)11-6-8-12(9-7-11)15(20)21/h11-13H,4-10H2,1-3H3,(H,20,21)/t11?,12?,13-/m1/s1. The van der Waals surface area contributed by atoms with Gasteiger partial charge in [-0.3, -0.25) is 9.59 Å². The van der Waals surface area contributed by atoms with Gasteiger partial charge in [-0.15, -0.1) is 0 Å². The van der Waals surface area contributed by atoms with E-state index < -0.39 is 17.6 Å². The summed E-state index contributed by atoms with van der Waals surface area (Å²) in [5.41, 5.74) is -0.562. The lowest BCUT2D eigenvalue weighted by Crippen LogP contribution is -2.46. The average molecular weight is 325 g/mol. The Morgan fingerprint density at radius 3 is 2.09 bits per heavy atom. The fourth-order valence-corrected chi connectivity index (χ4v) is 3.47. The summed E-state index contributed by atoms with van der Waals surface area (Å²) in [7, 11) is 0. The number of carbonyl (C=O) groups excluding carboxylic acids is 2. The van der Waals surface area contributed by atoms with Crippen molar-refractivity contribution in [1.29, 1.82) is 0 Å². The molecule has 1 atom stereocenters. The molecule has 1 aliphatic heterocycles. The molecule has 0 aromatic heterocycles. The van der Waals surface area contributed by atoms with Crippen molar-refractivity contribution in [2.75, 3.05) is 6.54 Å². The lowest BCUT2D eigenvalue weighted by molar-refractivity contribution is -0.164. The van der Waals surface area contributed by atoms with E-state index in [4.69, 9.17) is 9.84 Å². The molecule has 130 valence electrons. The Hall–Kier alpha value is -1.59. The summed E-state index contributed by atoms with van der Waals surface area (Å²) in [5.74, 6) is -1.61. The van der Waals surface area contributed by atoms with E-state index in [2.05, 4.69) is 0 Å². The highest BCUT2D eigenvalue weighted by atomic mass is 16.6. The summed E-state index contributed by atoms with van der Waals surface area (Å²) in [5, 5.41) is 9.04. The Balaban J connectivity index is 1.96. The van der Waals surface area contributed by atoms with Gasteiger partial charge in [-0.1, -0.05) is 0 Å². The third kappa shape index (κ3) is 4.45. The number of likely N-dealkylation sites (tertiary alicyclic amines) is 1. The van der Waals surface area contributed by atoms with Crippen molar-refractivity contribution in [3.05, 3.63) is 0 Å². The largest absolute Gasteiger partial charge is 0.481 e. The van der Waals surface area contributed by atoms with E-state index in [-0.39, 0.29) is 23.7 Å². The van der Waals surface area contributed by atoms with Crippen LogP contribution in [0.5, 0.6) is 0 Å². The molecule has 1 saturated heterocycles. The highest BCUT2D eigenvalue weighted by molar-refractivity contribution is 5.86. The minimum atomic E-state index is -0.774. The second kappa shape index (κ2) is 6.89. The number of aliphatic carboxylic acids is 1. The first-order chi connectivity index (χ1) is 10.7. The fourth-order valence-electron chi connectivity index (χ4n) is 3.47. The maximum Gasteiger partial charge on any atom is 0.329 e. The quantitative estimate of drug-likeness (QED) is 0.804. The summed E-state index contributed by atoms with van der Waals surface area (Å²) >= 11 is 0. The fraction of sp³-hybridized carbons (Fsp3) is 0.824. The van der Waals surface area contributed by atoms with E-state index in [1.807, 2.05) is 20.8 Å². The van der Waals surface area contributed by atoms with Crippen LogP contribution in [0.4, 0.5) is 0 Å². The maximum atomic E-state index is 12.7. The Labute approximate surface area is 137 Å². The van der Waals surface area contributed by atoms with E-state index >= 15 is 0 Å². The lowest BCUT2D eigenvalue weighted by atomic mass is 9.81. The van der Waals surface area contributed by atoms with Gasteiger partial charge < -0.3 is 14.7 Å². The highest BCUT2D eigenvalue weighted by Gasteiger charge is 2.40. The van der Waals surface area contributed by atoms with Gasteiger partial charge in [-0.2, -0.15) is 0 Å². The first kappa shape index (κ1) is 17.8. The van der Waals surface area contributed by atoms with Gasteiger partial charge in [0.15, 0.2) is 0 Å². The molecule has 0 unspecified atom stereocenters. The Bertz CT molecular complexity index is 474. The lowest BCUT2D eigenvalue weighted by Gasteiger charge is -2.32. The molecular weight excluding hydrogens is 298 g/mol. The predicted molar refractivity (Wildman–Crippen MR) is 83.7 cm³/mol. The molecule has 0 aromatic rings. The number of rotatable bonds is 3. The highest BCUT2D eigenvalue weighted by Crippen LogP contribution is 2.32. The number of carbonyl (C=O) groups is 3. The van der Waals surface area contributed by atoms with Crippen LogP contribution in [0.25, 0.3) is 0 Å². The number of carboxylic acids is 1. The number of nitrogens with zero attached hydrogens (tertiary/aromatic N) is 1. The van der Waals surface area contributed by atoms with Crippen LogP contribution in [0.15, 0.2) is 0 Å². The number of ether oxygens (including phenoxy) is 1. The molecule has 0 radical (unpaired) electrons. The molecule has 1 N–H and O–H groups in total. The van der Waals surface area contributed by atoms with Crippen LogP contribution >= 0.6 is 0 Å². The molecule has 2 fully saturated rings. The zero-order valence-electron chi connectivity index (χ0n) is 14.2. The smallest absolute Gasteiger partial charge is 0.329 e. The van der Waals surface area contributed by atoms with Crippen LogP contribution < -0.4 is 0 Å². The van der Waals surface area contributed by atoms with Gasteiger partial charge in [0.2, 0.25) is 5.91 Å². The van der Waals surface area contributed by atoms with Crippen LogP contribution in [0, 0.1) is 11.8 Å².